The predicted octanol–water partition coefficient (Wildman–Crippen LogP) is 9.50. The fourth-order valence-electron chi connectivity index (χ4n) is 11.6. The number of likely N-dealkylation sites (tertiary alicyclic amines) is 1. The lowest BCUT2D eigenvalue weighted by atomic mass is 10.0. The Kier molecular flexibility index (Phi) is 18.8. The fraction of sp³-hybridized carbons (Fsp3) is 0.344. The average Bonchev–Trinajstić information content (AvgIpc) is 2.88. The molecule has 0 radical (unpaired) electrons. The van der Waals surface area contributed by atoms with Crippen LogP contribution in [0.25, 0.3) is 44.3 Å². The Morgan fingerprint density at radius 3 is 1.55 bits per heavy atom. The number of aliphatic carboxylic acids is 1. The number of benzene rings is 4. The van der Waals surface area contributed by atoms with Crippen LogP contribution in [-0.2, 0) is 19.1 Å². The molecule has 4 atom stereocenters. The van der Waals surface area contributed by atoms with Gasteiger partial charge in [-0.2, -0.15) is 0 Å². The number of para-hydroxylation sites is 2. The largest absolute Gasteiger partial charge is 0.478 e. The molecule has 0 spiro atoms. The number of nitrogens with zero attached hydrogens (tertiary/aromatic N) is 9. The number of nitrogens with one attached hydrogen (secondary N) is 1. The summed E-state index contributed by atoms with van der Waals surface area (Å²) >= 11 is 0. The van der Waals surface area contributed by atoms with E-state index in [9.17, 15) is 9.59 Å². The van der Waals surface area contributed by atoms with Crippen molar-refractivity contribution in [3.63, 3.8) is 0 Å². The van der Waals surface area contributed by atoms with Crippen LogP contribution in [0.4, 0.5) is 11.6 Å². The highest BCUT2D eigenvalue weighted by Gasteiger charge is 2.32. The molecule has 0 aliphatic carbocycles. The van der Waals surface area contributed by atoms with Crippen LogP contribution in [0.2, 0.25) is 0 Å². The summed E-state index contributed by atoms with van der Waals surface area (Å²) < 4.78 is 27.2. The minimum absolute atomic E-state index is 0.0426. The van der Waals surface area contributed by atoms with Crippen molar-refractivity contribution in [3.8, 4) is 45.3 Å². The summed E-state index contributed by atoms with van der Waals surface area (Å²) in [4.78, 5) is 47.3. The van der Waals surface area contributed by atoms with E-state index in [-0.39, 0.29) is 11.9 Å². The summed E-state index contributed by atoms with van der Waals surface area (Å²) in [5.74, 6) is 3.27. The molecule has 0 unspecified atom stereocenters. The van der Waals surface area contributed by atoms with Gasteiger partial charge in [-0.15, -0.1) is 0 Å². The number of aromatic nitrogens is 6. The van der Waals surface area contributed by atoms with Crippen LogP contribution in [0, 0.1) is 13.8 Å². The van der Waals surface area contributed by atoms with Gasteiger partial charge >= 0.3 is 5.97 Å². The number of carboxylic acid groups (broad SMARTS) is 1. The Hall–Kier alpha value is -8.46. The second-order valence-corrected chi connectivity index (χ2v) is 21.4. The van der Waals surface area contributed by atoms with Crippen molar-refractivity contribution in [2.24, 2.45) is 0 Å². The van der Waals surface area contributed by atoms with E-state index in [0.29, 0.717) is 49.4 Å². The van der Waals surface area contributed by atoms with Crippen LogP contribution in [-0.4, -0.2) is 153 Å². The summed E-state index contributed by atoms with van der Waals surface area (Å²) in [5, 5.41) is 13.6. The number of nitrogens with two attached hydrogens (primary N) is 2. The van der Waals surface area contributed by atoms with E-state index in [1.807, 2.05) is 115 Å². The number of hydrogen-bond donors (Lipinski definition) is 4. The molecule has 432 valence electrons. The Bertz CT molecular complexity index is 3520. The molecule has 8 heterocycles. The first-order chi connectivity index (χ1) is 40.4. The zero-order valence-electron chi connectivity index (χ0n) is 47.6. The number of amides is 1. The Morgan fingerprint density at radius 1 is 0.639 bits per heavy atom. The summed E-state index contributed by atoms with van der Waals surface area (Å²) in [6.07, 6.45) is 13.6. The molecule has 6 N–H and O–H groups in total. The van der Waals surface area contributed by atoms with Crippen LogP contribution in [0.5, 0.6) is 23.0 Å². The van der Waals surface area contributed by atoms with Crippen LogP contribution in [0.15, 0.2) is 146 Å². The highest BCUT2D eigenvalue weighted by molar-refractivity contribution is 6.03. The molecule has 4 aliphatic rings. The fourth-order valence-corrected chi connectivity index (χ4v) is 11.6. The lowest BCUT2D eigenvalue weighted by Crippen LogP contribution is -2.32. The van der Waals surface area contributed by atoms with Crippen molar-refractivity contribution in [2.45, 2.75) is 63.7 Å². The van der Waals surface area contributed by atoms with E-state index in [1.54, 1.807) is 18.5 Å². The first-order valence-corrected chi connectivity index (χ1v) is 28.4. The van der Waals surface area contributed by atoms with Crippen LogP contribution < -0.4 is 26.3 Å². The Labute approximate surface area is 484 Å². The average molecular weight is 1120 g/mol. The molecule has 4 aromatic carbocycles. The topological polar surface area (TPSA) is 227 Å². The Morgan fingerprint density at radius 2 is 1.11 bits per heavy atom. The van der Waals surface area contributed by atoms with Crippen molar-refractivity contribution in [1.29, 1.82) is 0 Å². The third-order valence-electron chi connectivity index (χ3n) is 16.0. The smallest absolute Gasteiger partial charge is 0.328 e. The monoisotopic (exact) mass is 1120 g/mol. The van der Waals surface area contributed by atoms with E-state index >= 15 is 0 Å². The number of carboxylic acids is 1. The lowest BCUT2D eigenvalue weighted by molar-refractivity contribution is -0.131. The molecule has 4 aliphatic heterocycles. The SMILES string of the molecule is CN(C/C=C/C(=O)O)[C@@H]1CCOC1.Cc1c(-c2ccc(Oc3ccccc3)cc2)c2c(N)ncnc2n1[C@@H]1CCN(C(=O)/C=C/CN(C)[C@@H]2CCOC2)C1.Cc1c(-c2ccc(Oc3ccccc3)cc2)c2c(N)ncnc2n1[C@@H]1CCNC1. The molecule has 8 aromatic rings. The van der Waals surface area contributed by atoms with E-state index in [0.717, 1.165) is 150 Å². The standard InChI is InChI=1S/C32H36N6O3.C23H23N5O.C9H15NO3/c1-22-29(23-10-12-27(13-11-23)41-26-7-4-3-5-8-26)30-31(33)34-21-35-32(30)38(22)24-14-17-37(19-24)28(39)9-6-16-36(2)25-15-18-40-20-25;1-15-20(16-7-9-19(10-8-16)29-18-5-3-2-4-6-18)21-22(24)26-14-27-23(21)28(15)17-11-12-25-13-17;1-10(5-2-3-9(11)12)8-4-6-13-7-8/h3-13,21,24-25H,14-20H2,1-2H3,(H2,33,34,35);2-10,14,17,25H,11-13H2,1H3,(H2,24,26,27);2-3,8H,4-7H2,1H3,(H,11,12)/b9-6+;;3-2+/t24-,25-;17-;8-/m111/s1. The van der Waals surface area contributed by atoms with Crippen LogP contribution >= 0.6 is 0 Å². The highest BCUT2D eigenvalue weighted by atomic mass is 16.5. The van der Waals surface area contributed by atoms with Gasteiger partial charge < -0.3 is 54.9 Å². The van der Waals surface area contributed by atoms with Gasteiger partial charge in [0.2, 0.25) is 5.91 Å². The molecule has 4 saturated heterocycles. The molecule has 83 heavy (non-hydrogen) atoms. The molecule has 12 rings (SSSR count). The van der Waals surface area contributed by atoms with Crippen molar-refractivity contribution >= 4 is 45.6 Å². The van der Waals surface area contributed by atoms with Gasteiger partial charge in [-0.1, -0.05) is 72.8 Å². The van der Waals surface area contributed by atoms with Crippen LogP contribution in [0.3, 0.4) is 0 Å². The van der Waals surface area contributed by atoms with Gasteiger partial charge in [-0.3, -0.25) is 14.6 Å². The van der Waals surface area contributed by atoms with Crippen molar-refractivity contribution in [2.75, 3.05) is 91.3 Å². The normalized spacial score (nSPS) is 18.8. The van der Waals surface area contributed by atoms with Gasteiger partial charge in [-0.25, -0.2) is 24.7 Å². The maximum Gasteiger partial charge on any atom is 0.328 e. The van der Waals surface area contributed by atoms with Gasteiger partial charge in [0.05, 0.1) is 30.0 Å². The van der Waals surface area contributed by atoms with Gasteiger partial charge in [0.15, 0.2) is 0 Å². The van der Waals surface area contributed by atoms with Gasteiger partial charge in [0, 0.05) is 98.7 Å². The number of likely N-dealkylation sites (N-methyl/N-ethyl adjacent to an activating group) is 2. The lowest BCUT2D eigenvalue weighted by Gasteiger charge is -2.21. The summed E-state index contributed by atoms with van der Waals surface area (Å²) in [5.41, 5.74) is 20.9. The summed E-state index contributed by atoms with van der Waals surface area (Å²) in [6.45, 7) is 12.1. The quantitative estimate of drug-likeness (QED) is 0.0661. The van der Waals surface area contributed by atoms with Gasteiger partial charge in [0.1, 0.15) is 58.6 Å². The third kappa shape index (κ3) is 13.7. The maximum absolute atomic E-state index is 13.0. The van der Waals surface area contributed by atoms with Crippen LogP contribution in [0.1, 0.15) is 49.2 Å². The zero-order chi connectivity index (χ0) is 57.8. The minimum atomic E-state index is -0.893. The summed E-state index contributed by atoms with van der Waals surface area (Å²) in [7, 11) is 4.06. The molecule has 19 nitrogen and oxygen atoms in total. The van der Waals surface area contributed by atoms with Gasteiger partial charge in [-0.05, 0) is 120 Å². The molecular weight excluding hydrogens is 1050 g/mol. The first kappa shape index (κ1) is 57.8. The molecule has 4 aromatic heterocycles. The van der Waals surface area contributed by atoms with E-state index in [1.165, 1.54) is 12.4 Å². The van der Waals surface area contributed by atoms with Gasteiger partial charge in [0.25, 0.3) is 0 Å². The molecule has 1 amide bonds. The first-order valence-electron chi connectivity index (χ1n) is 28.4. The van der Waals surface area contributed by atoms with Crippen molar-refractivity contribution < 1.29 is 33.6 Å². The molecule has 0 bridgehead atoms. The number of anilines is 2. The van der Waals surface area contributed by atoms with Crippen molar-refractivity contribution in [1.82, 2.24) is 49.1 Å². The number of ether oxygens (including phenoxy) is 4. The molecule has 19 heteroatoms. The van der Waals surface area contributed by atoms with E-state index in [4.69, 9.17) is 35.5 Å². The second kappa shape index (κ2) is 27.1. The second-order valence-electron chi connectivity index (χ2n) is 21.4. The number of carbonyl (C=O) groups excluding carboxylic acids is 1. The number of carbonyl (C=O) groups is 2. The maximum atomic E-state index is 13.0. The number of rotatable bonds is 16. The number of nitrogen functional groups attached to an aromatic ring is 2. The molecule has 4 fully saturated rings. The van der Waals surface area contributed by atoms with E-state index in [2.05, 4.69) is 77.2 Å². The molecule has 0 saturated carbocycles. The third-order valence-corrected chi connectivity index (χ3v) is 16.0. The zero-order valence-corrected chi connectivity index (χ0v) is 47.6. The minimum Gasteiger partial charge on any atom is -0.478 e. The number of hydrogen-bond acceptors (Lipinski definition) is 15. The number of fused-ring (bicyclic) bond motifs is 2. The van der Waals surface area contributed by atoms with Crippen molar-refractivity contribution in [3.05, 3.63) is 158 Å². The highest BCUT2D eigenvalue weighted by Crippen LogP contribution is 2.42. The Balaban J connectivity index is 0.000000158. The van der Waals surface area contributed by atoms with E-state index < -0.39 is 5.97 Å². The summed E-state index contributed by atoms with van der Waals surface area (Å²) in [6, 6.07) is 37.0. The predicted molar refractivity (Wildman–Crippen MR) is 324 cm³/mol. The molecular formula is C64H74N12O7.